The summed E-state index contributed by atoms with van der Waals surface area (Å²) >= 11 is 0. The van der Waals surface area contributed by atoms with E-state index in [4.69, 9.17) is 16.9 Å². The van der Waals surface area contributed by atoms with Crippen LogP contribution in [0.25, 0.3) is 0 Å². The molecule has 0 amide bonds. The predicted octanol–water partition coefficient (Wildman–Crippen LogP) is 2.48. The van der Waals surface area contributed by atoms with E-state index in [1.54, 1.807) is 12.1 Å². The Morgan fingerprint density at radius 1 is 1.16 bits per heavy atom. The lowest BCUT2D eigenvalue weighted by molar-refractivity contribution is -0.118. The Bertz CT molecular complexity index is 371. The van der Waals surface area contributed by atoms with Gasteiger partial charge < -0.3 is 11.5 Å². The minimum absolute atomic E-state index is 0.0226. The van der Waals surface area contributed by atoms with Gasteiger partial charge in [-0.15, -0.1) is 0 Å². The summed E-state index contributed by atoms with van der Waals surface area (Å²) in [7, 11) is 0. The second-order valence-corrected chi connectivity index (χ2v) is 3.53. The summed E-state index contributed by atoms with van der Waals surface area (Å²) in [5.74, 6) is 0.0167. The Kier molecular flexibility index (Phi) is 11.8. The van der Waals surface area contributed by atoms with Crippen LogP contribution in [-0.2, 0) is 11.2 Å². The van der Waals surface area contributed by atoms with Gasteiger partial charge in [0.05, 0.1) is 6.04 Å². The first-order valence-electron chi connectivity index (χ1n) is 6.70. The molecule has 0 aliphatic carbocycles. The highest BCUT2D eigenvalue weighted by Crippen LogP contribution is 2.06. The fourth-order valence-electron chi connectivity index (χ4n) is 1.22. The fraction of sp³-hybridized carbons (Fsp3) is 0.467. The lowest BCUT2D eigenvalue weighted by Gasteiger charge is -2.08. The molecule has 1 atom stereocenters. The summed E-state index contributed by atoms with van der Waals surface area (Å²) in [4.78, 5) is 10.9. The number of Topliss-reactive ketones (excluding diaryl/α,β-unsaturated/α-hetero) is 1. The number of nitrogens with one attached hydrogen (secondary N) is 1. The normalized spacial score (nSPS) is 10.2. The Balaban J connectivity index is 0. The Hall–Kier alpha value is -1.68. The fourth-order valence-corrected chi connectivity index (χ4v) is 1.22. The number of hydrogen-bond acceptors (Lipinski definition) is 3. The van der Waals surface area contributed by atoms with Crippen LogP contribution in [0.2, 0.25) is 0 Å². The summed E-state index contributed by atoms with van der Waals surface area (Å²) < 4.78 is 0. The standard InChI is InChI=1S/C11H15N3O.2C2H6/c1-7(15)10(12)6-8-2-4-9(5-3-8)11(13)14;2*1-2/h2-5,10H,6,12H2,1H3,(H3,13,14);2*1-2H3. The summed E-state index contributed by atoms with van der Waals surface area (Å²) in [5.41, 5.74) is 12.6. The molecule has 0 saturated carbocycles. The Labute approximate surface area is 116 Å². The molecular weight excluding hydrogens is 238 g/mol. The number of nitrogen functional groups attached to an aromatic ring is 1. The highest BCUT2D eigenvalue weighted by Gasteiger charge is 2.08. The molecule has 1 aromatic rings. The van der Waals surface area contributed by atoms with Crippen LogP contribution in [0.4, 0.5) is 0 Å². The van der Waals surface area contributed by atoms with Gasteiger partial charge in [0.1, 0.15) is 11.6 Å². The van der Waals surface area contributed by atoms with E-state index in [1.165, 1.54) is 6.92 Å². The van der Waals surface area contributed by atoms with Gasteiger partial charge in [0, 0.05) is 5.56 Å². The lowest BCUT2D eigenvalue weighted by atomic mass is 10.0. The van der Waals surface area contributed by atoms with Gasteiger partial charge >= 0.3 is 0 Å². The molecule has 0 fully saturated rings. The van der Waals surface area contributed by atoms with E-state index in [-0.39, 0.29) is 11.6 Å². The van der Waals surface area contributed by atoms with E-state index in [0.717, 1.165) is 5.56 Å². The van der Waals surface area contributed by atoms with Crippen molar-refractivity contribution >= 4 is 11.6 Å². The van der Waals surface area contributed by atoms with Gasteiger partial charge in [-0.25, -0.2) is 0 Å². The number of hydrogen-bond donors (Lipinski definition) is 3. The molecule has 1 unspecified atom stereocenters. The molecule has 0 spiro atoms. The van der Waals surface area contributed by atoms with Gasteiger partial charge in [0.15, 0.2) is 0 Å². The molecule has 4 heteroatoms. The van der Waals surface area contributed by atoms with Crippen LogP contribution in [0.1, 0.15) is 45.7 Å². The van der Waals surface area contributed by atoms with Crippen LogP contribution in [0, 0.1) is 5.41 Å². The first kappa shape index (κ1) is 19.7. The van der Waals surface area contributed by atoms with Crippen molar-refractivity contribution in [1.29, 1.82) is 5.41 Å². The molecule has 0 radical (unpaired) electrons. The molecule has 108 valence electrons. The topological polar surface area (TPSA) is 93.0 Å². The molecule has 0 bridgehead atoms. The number of amidine groups is 1. The van der Waals surface area contributed by atoms with Crippen molar-refractivity contribution in [3.8, 4) is 0 Å². The average molecular weight is 265 g/mol. The molecule has 0 saturated heterocycles. The first-order chi connectivity index (χ1) is 9.00. The molecule has 0 aliphatic rings. The third-order valence-corrected chi connectivity index (χ3v) is 2.24. The van der Waals surface area contributed by atoms with Crippen molar-refractivity contribution in [3.63, 3.8) is 0 Å². The van der Waals surface area contributed by atoms with Crippen molar-refractivity contribution in [2.24, 2.45) is 11.5 Å². The van der Waals surface area contributed by atoms with Crippen molar-refractivity contribution < 1.29 is 4.79 Å². The largest absolute Gasteiger partial charge is 0.384 e. The SMILES string of the molecule is CC.CC.CC(=O)C(N)Cc1ccc(C(=N)N)cc1. The number of nitrogens with two attached hydrogens (primary N) is 2. The van der Waals surface area contributed by atoms with Gasteiger partial charge in [-0.05, 0) is 18.9 Å². The van der Waals surface area contributed by atoms with E-state index in [1.807, 2.05) is 39.8 Å². The van der Waals surface area contributed by atoms with Crippen molar-refractivity contribution in [3.05, 3.63) is 35.4 Å². The molecular formula is C15H27N3O. The second kappa shape index (κ2) is 11.4. The minimum Gasteiger partial charge on any atom is -0.384 e. The molecule has 0 heterocycles. The summed E-state index contributed by atoms with van der Waals surface area (Å²) in [6, 6.07) is 6.72. The predicted molar refractivity (Wildman–Crippen MR) is 82.5 cm³/mol. The number of carbonyl (C=O) groups excluding carboxylic acids is 1. The summed E-state index contributed by atoms with van der Waals surface area (Å²) in [6.45, 7) is 9.48. The van der Waals surface area contributed by atoms with Gasteiger partial charge in [-0.3, -0.25) is 10.2 Å². The van der Waals surface area contributed by atoms with E-state index in [0.29, 0.717) is 12.0 Å². The van der Waals surface area contributed by atoms with Gasteiger partial charge in [-0.2, -0.15) is 0 Å². The number of carbonyl (C=O) groups is 1. The summed E-state index contributed by atoms with van der Waals surface area (Å²) in [5, 5.41) is 7.21. The van der Waals surface area contributed by atoms with Crippen LogP contribution in [0.3, 0.4) is 0 Å². The van der Waals surface area contributed by atoms with E-state index >= 15 is 0 Å². The summed E-state index contributed by atoms with van der Waals surface area (Å²) in [6.07, 6.45) is 0.521. The van der Waals surface area contributed by atoms with E-state index in [2.05, 4.69) is 0 Å². The molecule has 0 aliphatic heterocycles. The smallest absolute Gasteiger partial charge is 0.146 e. The monoisotopic (exact) mass is 265 g/mol. The first-order valence-corrected chi connectivity index (χ1v) is 6.70. The van der Waals surface area contributed by atoms with Gasteiger partial charge in [0.25, 0.3) is 0 Å². The lowest BCUT2D eigenvalue weighted by Crippen LogP contribution is -2.30. The molecule has 1 aromatic carbocycles. The third kappa shape index (κ3) is 8.11. The maximum atomic E-state index is 10.9. The number of benzene rings is 1. The van der Waals surface area contributed by atoms with Gasteiger partial charge in [0.2, 0.25) is 0 Å². The average Bonchev–Trinajstić information content (AvgIpc) is 2.43. The zero-order valence-corrected chi connectivity index (χ0v) is 12.7. The molecule has 1 rings (SSSR count). The molecule has 0 aromatic heterocycles. The van der Waals surface area contributed by atoms with Crippen LogP contribution in [0.5, 0.6) is 0 Å². The van der Waals surface area contributed by atoms with Gasteiger partial charge in [-0.1, -0.05) is 52.0 Å². The number of ketones is 1. The van der Waals surface area contributed by atoms with Crippen molar-refractivity contribution in [1.82, 2.24) is 0 Å². The van der Waals surface area contributed by atoms with Crippen LogP contribution in [0.15, 0.2) is 24.3 Å². The van der Waals surface area contributed by atoms with Crippen LogP contribution >= 0.6 is 0 Å². The third-order valence-electron chi connectivity index (χ3n) is 2.24. The van der Waals surface area contributed by atoms with Crippen LogP contribution < -0.4 is 11.5 Å². The second-order valence-electron chi connectivity index (χ2n) is 3.53. The minimum atomic E-state index is -0.451. The van der Waals surface area contributed by atoms with E-state index in [9.17, 15) is 4.79 Å². The Morgan fingerprint density at radius 2 is 1.58 bits per heavy atom. The molecule has 19 heavy (non-hydrogen) atoms. The molecule has 4 nitrogen and oxygen atoms in total. The maximum Gasteiger partial charge on any atom is 0.146 e. The highest BCUT2D eigenvalue weighted by molar-refractivity contribution is 5.94. The zero-order chi connectivity index (χ0) is 15.4. The number of rotatable bonds is 4. The van der Waals surface area contributed by atoms with E-state index < -0.39 is 6.04 Å². The highest BCUT2D eigenvalue weighted by atomic mass is 16.1. The quantitative estimate of drug-likeness (QED) is 0.576. The molecule has 5 N–H and O–H groups in total. The maximum absolute atomic E-state index is 10.9. The zero-order valence-electron chi connectivity index (χ0n) is 12.7. The Morgan fingerprint density at radius 3 is 1.89 bits per heavy atom. The van der Waals surface area contributed by atoms with Crippen LogP contribution in [-0.4, -0.2) is 17.7 Å². The van der Waals surface area contributed by atoms with Crippen molar-refractivity contribution in [2.75, 3.05) is 0 Å². The van der Waals surface area contributed by atoms with Crippen molar-refractivity contribution in [2.45, 2.75) is 47.1 Å².